The summed E-state index contributed by atoms with van der Waals surface area (Å²) < 4.78 is 0. The van der Waals surface area contributed by atoms with E-state index in [-0.39, 0.29) is 42.5 Å². The third-order valence-corrected chi connectivity index (χ3v) is 4.91. The minimum Gasteiger partial charge on any atom is -0.354 e. The Morgan fingerprint density at radius 3 is 2.58 bits per heavy atom. The van der Waals surface area contributed by atoms with E-state index in [9.17, 15) is 14.4 Å². The predicted octanol–water partition coefficient (Wildman–Crippen LogP) is 0.945. The summed E-state index contributed by atoms with van der Waals surface area (Å²) in [4.78, 5) is 40.5. The van der Waals surface area contributed by atoms with Crippen molar-refractivity contribution in [2.24, 2.45) is 5.92 Å². The lowest BCUT2D eigenvalue weighted by Crippen LogP contribution is -2.45. The minimum absolute atomic E-state index is 0.0122. The van der Waals surface area contributed by atoms with E-state index >= 15 is 0 Å². The molecule has 0 radical (unpaired) electrons. The molecule has 1 aromatic rings. The van der Waals surface area contributed by atoms with Gasteiger partial charge in [0.25, 0.3) is 0 Å². The first-order valence-corrected chi connectivity index (χ1v) is 8.42. The van der Waals surface area contributed by atoms with Crippen LogP contribution in [0.2, 0.25) is 0 Å². The fourth-order valence-electron chi connectivity index (χ4n) is 3.45. The molecule has 0 saturated carbocycles. The number of piperidine rings is 1. The Morgan fingerprint density at radius 1 is 1.12 bits per heavy atom. The second-order valence-electron chi connectivity index (χ2n) is 6.52. The van der Waals surface area contributed by atoms with Crippen molar-refractivity contribution in [1.29, 1.82) is 0 Å². The minimum atomic E-state index is -0.284. The zero-order chi connectivity index (χ0) is 17.1. The second kappa shape index (κ2) is 7.03. The molecule has 2 aliphatic rings. The Balaban J connectivity index is 1.83. The maximum atomic E-state index is 13.1. The zero-order valence-electron chi connectivity index (χ0n) is 13.9. The van der Waals surface area contributed by atoms with Crippen LogP contribution in [-0.4, -0.2) is 54.2 Å². The predicted molar refractivity (Wildman–Crippen MR) is 88.9 cm³/mol. The van der Waals surface area contributed by atoms with Gasteiger partial charge in [0, 0.05) is 39.0 Å². The van der Waals surface area contributed by atoms with Gasteiger partial charge in [-0.3, -0.25) is 14.4 Å². The molecule has 2 fully saturated rings. The van der Waals surface area contributed by atoms with E-state index in [1.807, 2.05) is 30.3 Å². The van der Waals surface area contributed by atoms with Gasteiger partial charge in [0.1, 0.15) is 0 Å². The molecule has 24 heavy (non-hydrogen) atoms. The van der Waals surface area contributed by atoms with Crippen LogP contribution in [0.1, 0.15) is 30.9 Å². The second-order valence-corrected chi connectivity index (χ2v) is 6.52. The number of carbonyl (C=O) groups excluding carboxylic acids is 3. The summed E-state index contributed by atoms with van der Waals surface area (Å²) in [5.74, 6) is -0.326. The molecule has 2 atom stereocenters. The lowest BCUT2D eigenvalue weighted by atomic mass is 9.93. The van der Waals surface area contributed by atoms with E-state index in [1.165, 1.54) is 0 Å². The fraction of sp³-hybridized carbons (Fsp3) is 0.500. The van der Waals surface area contributed by atoms with Crippen LogP contribution in [0.3, 0.4) is 0 Å². The van der Waals surface area contributed by atoms with Gasteiger partial charge in [-0.15, -0.1) is 0 Å². The highest BCUT2D eigenvalue weighted by molar-refractivity contribution is 5.88. The van der Waals surface area contributed by atoms with Crippen molar-refractivity contribution in [1.82, 2.24) is 15.1 Å². The summed E-state index contributed by atoms with van der Waals surface area (Å²) in [5, 5.41) is 2.84. The third-order valence-electron chi connectivity index (χ3n) is 4.91. The molecule has 2 saturated heterocycles. The van der Waals surface area contributed by atoms with Crippen LogP contribution in [0.15, 0.2) is 30.3 Å². The Labute approximate surface area is 141 Å². The highest BCUT2D eigenvalue weighted by Gasteiger charge is 2.36. The summed E-state index contributed by atoms with van der Waals surface area (Å²) in [6.07, 6.45) is 1.20. The summed E-state index contributed by atoms with van der Waals surface area (Å²) >= 11 is 0. The lowest BCUT2D eigenvalue weighted by Gasteiger charge is -2.35. The van der Waals surface area contributed by atoms with Gasteiger partial charge in [-0.25, -0.2) is 0 Å². The van der Waals surface area contributed by atoms with Crippen molar-refractivity contribution in [3.63, 3.8) is 0 Å². The quantitative estimate of drug-likeness (QED) is 0.878. The number of benzene rings is 1. The van der Waals surface area contributed by atoms with Crippen molar-refractivity contribution in [3.8, 4) is 0 Å². The maximum Gasteiger partial charge on any atom is 0.226 e. The van der Waals surface area contributed by atoms with Crippen molar-refractivity contribution in [3.05, 3.63) is 35.9 Å². The standard InChI is InChI=1S/C18H23N3O3/c1-20-9-7-14(11-17(20)23)18(24)21-10-8-19-16(22)12-15(21)13-5-3-2-4-6-13/h2-6,14-15H,7-12H2,1H3,(H,19,22)/t14-,15-/m0/s1. The smallest absolute Gasteiger partial charge is 0.226 e. The average Bonchev–Trinajstić information content (AvgIpc) is 2.79. The molecule has 6 nitrogen and oxygen atoms in total. The number of rotatable bonds is 2. The summed E-state index contributed by atoms with van der Waals surface area (Å²) in [7, 11) is 1.77. The molecule has 0 spiro atoms. The van der Waals surface area contributed by atoms with E-state index < -0.39 is 0 Å². The van der Waals surface area contributed by atoms with Crippen LogP contribution in [0.5, 0.6) is 0 Å². The van der Waals surface area contributed by atoms with E-state index in [4.69, 9.17) is 0 Å². The molecule has 0 aromatic heterocycles. The summed E-state index contributed by atoms with van der Waals surface area (Å²) in [6.45, 7) is 1.54. The number of nitrogens with one attached hydrogen (secondary N) is 1. The van der Waals surface area contributed by atoms with E-state index in [0.29, 0.717) is 26.1 Å². The van der Waals surface area contributed by atoms with Gasteiger partial charge >= 0.3 is 0 Å². The van der Waals surface area contributed by atoms with Gasteiger partial charge in [-0.2, -0.15) is 0 Å². The summed E-state index contributed by atoms with van der Waals surface area (Å²) in [5.41, 5.74) is 0.960. The van der Waals surface area contributed by atoms with Gasteiger partial charge in [-0.05, 0) is 12.0 Å². The van der Waals surface area contributed by atoms with Crippen LogP contribution in [-0.2, 0) is 14.4 Å². The lowest BCUT2D eigenvalue weighted by molar-refractivity contribution is -0.146. The monoisotopic (exact) mass is 329 g/mol. The first-order valence-electron chi connectivity index (χ1n) is 8.42. The molecule has 0 aliphatic carbocycles. The molecule has 2 heterocycles. The Bertz CT molecular complexity index is 632. The normalized spacial score (nSPS) is 25.2. The average molecular weight is 329 g/mol. The Morgan fingerprint density at radius 2 is 1.88 bits per heavy atom. The Kier molecular flexibility index (Phi) is 4.83. The number of carbonyl (C=O) groups is 3. The maximum absolute atomic E-state index is 13.1. The molecule has 2 aliphatic heterocycles. The molecule has 0 bridgehead atoms. The molecule has 3 amide bonds. The molecular formula is C18H23N3O3. The summed E-state index contributed by atoms with van der Waals surface area (Å²) in [6, 6.07) is 9.38. The third kappa shape index (κ3) is 3.42. The van der Waals surface area contributed by atoms with Crippen molar-refractivity contribution in [2.75, 3.05) is 26.7 Å². The number of likely N-dealkylation sites (tertiary alicyclic amines) is 1. The molecule has 6 heteroatoms. The number of hydrogen-bond acceptors (Lipinski definition) is 3. The fourth-order valence-corrected chi connectivity index (χ4v) is 3.45. The molecule has 1 aromatic carbocycles. The van der Waals surface area contributed by atoms with Gasteiger partial charge < -0.3 is 15.1 Å². The largest absolute Gasteiger partial charge is 0.354 e. The molecule has 128 valence electrons. The topological polar surface area (TPSA) is 69.7 Å². The Hall–Kier alpha value is -2.37. The van der Waals surface area contributed by atoms with Crippen LogP contribution in [0.4, 0.5) is 0 Å². The highest BCUT2D eigenvalue weighted by atomic mass is 16.2. The highest BCUT2D eigenvalue weighted by Crippen LogP contribution is 2.29. The van der Waals surface area contributed by atoms with Gasteiger partial charge in [0.15, 0.2) is 0 Å². The molecule has 0 unspecified atom stereocenters. The van der Waals surface area contributed by atoms with Crippen LogP contribution in [0.25, 0.3) is 0 Å². The van der Waals surface area contributed by atoms with E-state index in [2.05, 4.69) is 5.32 Å². The molecule has 3 rings (SSSR count). The first kappa shape index (κ1) is 16.5. The van der Waals surface area contributed by atoms with Gasteiger partial charge in [0.2, 0.25) is 17.7 Å². The van der Waals surface area contributed by atoms with Crippen LogP contribution < -0.4 is 5.32 Å². The zero-order valence-corrected chi connectivity index (χ0v) is 13.9. The number of amides is 3. The van der Waals surface area contributed by atoms with Crippen LogP contribution >= 0.6 is 0 Å². The number of hydrogen-bond donors (Lipinski definition) is 1. The van der Waals surface area contributed by atoms with Gasteiger partial charge in [-0.1, -0.05) is 30.3 Å². The molecular weight excluding hydrogens is 306 g/mol. The van der Waals surface area contributed by atoms with Crippen LogP contribution in [0, 0.1) is 5.92 Å². The van der Waals surface area contributed by atoms with Gasteiger partial charge in [0.05, 0.1) is 12.5 Å². The van der Waals surface area contributed by atoms with Crippen molar-refractivity contribution >= 4 is 17.7 Å². The van der Waals surface area contributed by atoms with Crippen molar-refractivity contribution in [2.45, 2.75) is 25.3 Å². The number of nitrogens with zero attached hydrogens (tertiary/aromatic N) is 2. The first-order chi connectivity index (χ1) is 11.6. The van der Waals surface area contributed by atoms with E-state index in [1.54, 1.807) is 16.8 Å². The van der Waals surface area contributed by atoms with Crippen molar-refractivity contribution < 1.29 is 14.4 Å². The SMILES string of the molecule is CN1CC[C@H](C(=O)N2CCNC(=O)C[C@H]2c2ccccc2)CC1=O. The molecule has 1 N–H and O–H groups in total. The van der Waals surface area contributed by atoms with E-state index in [0.717, 1.165) is 5.56 Å².